The molecule has 3 aliphatic heterocycles. The summed E-state index contributed by atoms with van der Waals surface area (Å²) in [6.07, 6.45) is 6.43. The van der Waals surface area contributed by atoms with Gasteiger partial charge in [-0.1, -0.05) is 23.5 Å². The van der Waals surface area contributed by atoms with Crippen molar-refractivity contribution in [1.29, 1.82) is 0 Å². The van der Waals surface area contributed by atoms with Crippen LogP contribution in [0.1, 0.15) is 0 Å². The smallest absolute Gasteiger partial charge is 0.242 e. The van der Waals surface area contributed by atoms with Gasteiger partial charge in [0.15, 0.2) is 10.3 Å². The fraction of sp³-hybridized carbons (Fsp3) is 0.200. The highest BCUT2D eigenvalue weighted by atomic mass is 32.2. The highest BCUT2D eigenvalue weighted by molar-refractivity contribution is 8.13. The number of guanidine groups is 1. The minimum Gasteiger partial charge on any atom is -0.245 e. The highest BCUT2D eigenvalue weighted by Crippen LogP contribution is 2.28. The SMILES string of the molecule is CSC1=NC2=CC(F)=CC3=NC(SC)=NC(=N1)N23. The van der Waals surface area contributed by atoms with Crippen molar-refractivity contribution in [3.63, 3.8) is 0 Å². The van der Waals surface area contributed by atoms with Gasteiger partial charge in [-0.3, -0.25) is 0 Å². The number of hydrogen-bond donors (Lipinski definition) is 0. The molecule has 0 amide bonds. The second-order valence-corrected chi connectivity index (χ2v) is 4.99. The van der Waals surface area contributed by atoms with E-state index in [2.05, 4.69) is 20.0 Å². The first-order valence-electron chi connectivity index (χ1n) is 5.03. The summed E-state index contributed by atoms with van der Waals surface area (Å²) in [7, 11) is 0. The largest absolute Gasteiger partial charge is 0.245 e. The van der Waals surface area contributed by atoms with Crippen molar-refractivity contribution in [2.45, 2.75) is 0 Å². The molecule has 0 saturated carbocycles. The molecule has 0 bridgehead atoms. The molecule has 0 unspecified atom stereocenters. The normalized spacial score (nSPS) is 21.2. The van der Waals surface area contributed by atoms with Crippen LogP contribution >= 0.6 is 23.5 Å². The van der Waals surface area contributed by atoms with Gasteiger partial charge in [-0.05, 0) is 12.5 Å². The lowest BCUT2D eigenvalue weighted by atomic mass is 10.3. The lowest BCUT2D eigenvalue weighted by Crippen LogP contribution is -2.41. The third-order valence-corrected chi connectivity index (χ3v) is 3.46. The molecule has 3 aliphatic rings. The molecule has 0 saturated heterocycles. The average molecular weight is 281 g/mol. The zero-order chi connectivity index (χ0) is 12.7. The molecule has 18 heavy (non-hydrogen) atoms. The Morgan fingerprint density at radius 3 is 2.44 bits per heavy atom. The number of aliphatic imine (C=N–C) groups is 4. The highest BCUT2D eigenvalue weighted by Gasteiger charge is 2.31. The summed E-state index contributed by atoms with van der Waals surface area (Å²) in [6.45, 7) is 0. The van der Waals surface area contributed by atoms with E-state index in [-0.39, 0.29) is 5.83 Å². The van der Waals surface area contributed by atoms with Crippen molar-refractivity contribution in [2.24, 2.45) is 20.0 Å². The number of halogens is 1. The standard InChI is InChI=1S/C10H8FN5S2/c1-17-9-12-6-3-5(11)4-7-13-10(18-2)15-8(14-9)16(6)7/h3-4H,1-2H3. The molecule has 0 spiro atoms. The van der Waals surface area contributed by atoms with Gasteiger partial charge < -0.3 is 0 Å². The molecule has 0 fully saturated rings. The molecular weight excluding hydrogens is 273 g/mol. The maximum atomic E-state index is 13.5. The topological polar surface area (TPSA) is 52.7 Å². The van der Waals surface area contributed by atoms with Crippen LogP contribution in [0, 0.1) is 0 Å². The summed E-state index contributed by atoms with van der Waals surface area (Å²) in [6, 6.07) is 0. The molecule has 0 aromatic heterocycles. The fourth-order valence-electron chi connectivity index (χ4n) is 1.63. The van der Waals surface area contributed by atoms with Crippen molar-refractivity contribution in [2.75, 3.05) is 12.5 Å². The molecule has 0 atom stereocenters. The zero-order valence-electron chi connectivity index (χ0n) is 9.59. The molecule has 0 aromatic carbocycles. The number of rotatable bonds is 0. The summed E-state index contributed by atoms with van der Waals surface area (Å²) in [4.78, 5) is 18.8. The maximum absolute atomic E-state index is 13.5. The Hall–Kier alpha value is -1.41. The van der Waals surface area contributed by atoms with Crippen LogP contribution in [-0.4, -0.2) is 39.5 Å². The van der Waals surface area contributed by atoms with Gasteiger partial charge in [0.2, 0.25) is 5.96 Å². The van der Waals surface area contributed by atoms with Crippen LogP contribution in [0.15, 0.2) is 43.8 Å². The Kier molecular flexibility index (Phi) is 2.83. The number of thioether (sulfide) groups is 2. The van der Waals surface area contributed by atoms with Crippen molar-refractivity contribution in [3.05, 3.63) is 23.8 Å². The van der Waals surface area contributed by atoms with Crippen LogP contribution in [0.3, 0.4) is 0 Å². The Bertz CT molecular complexity index is 595. The van der Waals surface area contributed by atoms with E-state index in [0.717, 1.165) is 0 Å². The van der Waals surface area contributed by atoms with E-state index in [9.17, 15) is 4.39 Å². The predicted octanol–water partition coefficient (Wildman–Crippen LogP) is 2.22. The molecule has 3 rings (SSSR count). The molecule has 5 nitrogen and oxygen atoms in total. The van der Waals surface area contributed by atoms with Crippen molar-refractivity contribution >= 4 is 45.7 Å². The minimum absolute atomic E-state index is 0.368. The van der Waals surface area contributed by atoms with Crippen LogP contribution in [0.5, 0.6) is 0 Å². The van der Waals surface area contributed by atoms with Gasteiger partial charge in [0.25, 0.3) is 0 Å². The van der Waals surface area contributed by atoms with E-state index >= 15 is 0 Å². The lowest BCUT2D eigenvalue weighted by Gasteiger charge is -2.30. The van der Waals surface area contributed by atoms with E-state index in [0.29, 0.717) is 28.0 Å². The van der Waals surface area contributed by atoms with Crippen molar-refractivity contribution in [3.8, 4) is 0 Å². The van der Waals surface area contributed by atoms with Crippen LogP contribution in [0.4, 0.5) is 4.39 Å². The minimum atomic E-state index is -0.368. The summed E-state index contributed by atoms with van der Waals surface area (Å²) in [5.74, 6) is 1.05. The van der Waals surface area contributed by atoms with Gasteiger partial charge in [-0.15, -0.1) is 0 Å². The monoisotopic (exact) mass is 281 g/mol. The summed E-state index contributed by atoms with van der Waals surface area (Å²) >= 11 is 2.79. The van der Waals surface area contributed by atoms with Crippen molar-refractivity contribution in [1.82, 2.24) is 4.90 Å². The predicted molar refractivity (Wildman–Crippen MR) is 75.9 cm³/mol. The first kappa shape index (κ1) is 11.7. The molecule has 92 valence electrons. The van der Waals surface area contributed by atoms with Crippen LogP contribution in [-0.2, 0) is 0 Å². The van der Waals surface area contributed by atoms with Crippen LogP contribution < -0.4 is 0 Å². The number of amidine groups is 3. The van der Waals surface area contributed by atoms with Gasteiger partial charge in [-0.25, -0.2) is 19.3 Å². The van der Waals surface area contributed by atoms with Gasteiger partial charge >= 0.3 is 0 Å². The average Bonchev–Trinajstić information content (AvgIpc) is 2.37. The molecule has 8 heteroatoms. The molecule has 0 aromatic rings. The van der Waals surface area contributed by atoms with E-state index in [1.54, 1.807) is 4.90 Å². The third-order valence-electron chi connectivity index (χ3n) is 2.37. The Morgan fingerprint density at radius 1 is 1.00 bits per heavy atom. The summed E-state index contributed by atoms with van der Waals surface area (Å²) in [5, 5.41) is 1.13. The number of hydrogen-bond acceptors (Lipinski definition) is 7. The van der Waals surface area contributed by atoms with Gasteiger partial charge in [-0.2, -0.15) is 9.98 Å². The van der Waals surface area contributed by atoms with E-state index in [4.69, 9.17) is 0 Å². The van der Waals surface area contributed by atoms with Crippen LogP contribution in [0.25, 0.3) is 0 Å². The second kappa shape index (κ2) is 4.36. The second-order valence-electron chi connectivity index (χ2n) is 3.45. The molecule has 0 N–H and O–H groups in total. The van der Waals surface area contributed by atoms with Gasteiger partial charge in [0, 0.05) is 12.2 Å². The molecular formula is C10H8FN5S2. The fourth-order valence-corrected chi connectivity index (χ4v) is 2.34. The Balaban J connectivity index is 2.17. The quantitative estimate of drug-likeness (QED) is 0.684. The Labute approximate surface area is 111 Å². The first-order valence-corrected chi connectivity index (χ1v) is 7.48. The molecule has 3 heterocycles. The first-order chi connectivity index (χ1) is 8.71. The van der Waals surface area contributed by atoms with E-state index in [1.165, 1.54) is 35.7 Å². The van der Waals surface area contributed by atoms with Crippen molar-refractivity contribution < 1.29 is 4.39 Å². The summed E-state index contributed by atoms with van der Waals surface area (Å²) in [5.41, 5.74) is 0. The third kappa shape index (κ3) is 1.81. The van der Waals surface area contributed by atoms with Gasteiger partial charge in [0.1, 0.15) is 17.5 Å². The maximum Gasteiger partial charge on any atom is 0.242 e. The lowest BCUT2D eigenvalue weighted by molar-refractivity contribution is 0.632. The number of nitrogens with zero attached hydrogens (tertiary/aromatic N) is 5. The molecule has 0 radical (unpaired) electrons. The van der Waals surface area contributed by atoms with Gasteiger partial charge in [0.05, 0.1) is 0 Å². The summed E-state index contributed by atoms with van der Waals surface area (Å²) < 4.78 is 13.5. The van der Waals surface area contributed by atoms with E-state index < -0.39 is 0 Å². The van der Waals surface area contributed by atoms with E-state index in [1.807, 2.05) is 12.5 Å². The molecule has 0 aliphatic carbocycles. The van der Waals surface area contributed by atoms with Crippen LogP contribution in [0.2, 0.25) is 0 Å². The number of allylic oxidation sites excluding steroid dienone is 2. The zero-order valence-corrected chi connectivity index (χ0v) is 11.2. The Morgan fingerprint density at radius 2 is 1.72 bits per heavy atom.